The molecule has 0 aromatic heterocycles. The molecule has 16 heavy (non-hydrogen) atoms. The summed E-state index contributed by atoms with van der Waals surface area (Å²) in [4.78, 5) is 0. The molecule has 1 aliphatic rings. The highest BCUT2D eigenvalue weighted by Crippen LogP contribution is 2.49. The molecule has 1 nitrogen and oxygen atoms in total. The lowest BCUT2D eigenvalue weighted by Crippen LogP contribution is -2.38. The molecular formula is C15H31N. The van der Waals surface area contributed by atoms with E-state index < -0.39 is 0 Å². The van der Waals surface area contributed by atoms with Crippen molar-refractivity contribution in [3.8, 4) is 0 Å². The van der Waals surface area contributed by atoms with Crippen LogP contribution in [0, 0.1) is 17.3 Å². The molecule has 1 N–H and O–H groups in total. The summed E-state index contributed by atoms with van der Waals surface area (Å²) in [5.74, 6) is 1.93. The third-order valence-electron chi connectivity index (χ3n) is 4.39. The maximum atomic E-state index is 3.66. The summed E-state index contributed by atoms with van der Waals surface area (Å²) in [5, 5.41) is 3.66. The van der Waals surface area contributed by atoms with Gasteiger partial charge in [-0.2, -0.15) is 0 Å². The first kappa shape index (κ1) is 14.0. The van der Waals surface area contributed by atoms with Crippen molar-refractivity contribution in [2.75, 3.05) is 6.54 Å². The van der Waals surface area contributed by atoms with E-state index in [1.165, 1.54) is 38.6 Å². The van der Waals surface area contributed by atoms with Crippen molar-refractivity contribution in [1.82, 2.24) is 5.32 Å². The Morgan fingerprint density at radius 1 is 1.19 bits per heavy atom. The summed E-state index contributed by atoms with van der Waals surface area (Å²) in [7, 11) is 0. The van der Waals surface area contributed by atoms with E-state index in [0.29, 0.717) is 11.5 Å². The van der Waals surface area contributed by atoms with Gasteiger partial charge in [0.25, 0.3) is 0 Å². The van der Waals surface area contributed by atoms with Gasteiger partial charge in [0.2, 0.25) is 0 Å². The standard InChI is InChI=1S/C15H31N/c1-6-13(7-2)10-15(5,14-8-9-14)11-16-12(3)4/h12-14,16H,6-11H2,1-5H3. The minimum absolute atomic E-state index is 0.557. The highest BCUT2D eigenvalue weighted by Gasteiger charge is 2.41. The van der Waals surface area contributed by atoms with Gasteiger partial charge in [0.05, 0.1) is 0 Å². The molecule has 1 aliphatic carbocycles. The zero-order valence-corrected chi connectivity index (χ0v) is 12.0. The zero-order chi connectivity index (χ0) is 12.2. The molecule has 1 saturated carbocycles. The first-order valence-electron chi connectivity index (χ1n) is 7.25. The average Bonchev–Trinajstić information content (AvgIpc) is 3.07. The summed E-state index contributed by atoms with van der Waals surface area (Å²) >= 11 is 0. The summed E-state index contributed by atoms with van der Waals surface area (Å²) in [6, 6.07) is 0.625. The van der Waals surface area contributed by atoms with E-state index in [1.807, 2.05) is 0 Å². The van der Waals surface area contributed by atoms with Crippen molar-refractivity contribution >= 4 is 0 Å². The molecule has 0 spiro atoms. The Bertz CT molecular complexity index is 192. The van der Waals surface area contributed by atoms with E-state index in [-0.39, 0.29) is 0 Å². The summed E-state index contributed by atoms with van der Waals surface area (Å²) in [6.45, 7) is 12.9. The van der Waals surface area contributed by atoms with Crippen LogP contribution in [-0.2, 0) is 0 Å². The summed E-state index contributed by atoms with van der Waals surface area (Å²) in [6.07, 6.45) is 7.05. The third-order valence-corrected chi connectivity index (χ3v) is 4.39. The first-order valence-corrected chi connectivity index (χ1v) is 7.25. The second kappa shape index (κ2) is 6.05. The van der Waals surface area contributed by atoms with Gasteiger partial charge in [-0.1, -0.05) is 47.5 Å². The van der Waals surface area contributed by atoms with Crippen LogP contribution in [0.25, 0.3) is 0 Å². The molecule has 1 fully saturated rings. The molecule has 1 unspecified atom stereocenters. The second-order valence-electron chi connectivity index (χ2n) is 6.35. The van der Waals surface area contributed by atoms with Crippen LogP contribution in [0.15, 0.2) is 0 Å². The predicted molar refractivity (Wildman–Crippen MR) is 72.7 cm³/mol. The van der Waals surface area contributed by atoms with Crippen LogP contribution in [0.4, 0.5) is 0 Å². The van der Waals surface area contributed by atoms with Crippen LogP contribution in [0.2, 0.25) is 0 Å². The fourth-order valence-electron chi connectivity index (χ4n) is 2.84. The van der Waals surface area contributed by atoms with E-state index in [1.54, 1.807) is 0 Å². The van der Waals surface area contributed by atoms with Gasteiger partial charge in [-0.25, -0.2) is 0 Å². The summed E-state index contributed by atoms with van der Waals surface area (Å²) in [5.41, 5.74) is 0.557. The molecule has 1 heteroatoms. The number of hydrogen-bond donors (Lipinski definition) is 1. The fourth-order valence-corrected chi connectivity index (χ4v) is 2.84. The number of nitrogens with one attached hydrogen (secondary N) is 1. The highest BCUT2D eigenvalue weighted by atomic mass is 14.9. The summed E-state index contributed by atoms with van der Waals surface area (Å²) < 4.78 is 0. The monoisotopic (exact) mass is 225 g/mol. The SMILES string of the molecule is CCC(CC)CC(C)(CNC(C)C)C1CC1. The van der Waals surface area contributed by atoms with Crippen LogP contribution < -0.4 is 5.32 Å². The molecule has 0 heterocycles. The van der Waals surface area contributed by atoms with Crippen LogP contribution >= 0.6 is 0 Å². The van der Waals surface area contributed by atoms with Crippen molar-refractivity contribution < 1.29 is 0 Å². The van der Waals surface area contributed by atoms with Gasteiger partial charge in [0.15, 0.2) is 0 Å². The van der Waals surface area contributed by atoms with Crippen molar-refractivity contribution in [3.05, 3.63) is 0 Å². The van der Waals surface area contributed by atoms with Gasteiger partial charge in [-0.15, -0.1) is 0 Å². The van der Waals surface area contributed by atoms with Gasteiger partial charge < -0.3 is 5.32 Å². The Morgan fingerprint density at radius 3 is 2.12 bits per heavy atom. The average molecular weight is 225 g/mol. The van der Waals surface area contributed by atoms with Gasteiger partial charge in [-0.3, -0.25) is 0 Å². The molecule has 1 atom stereocenters. The highest BCUT2D eigenvalue weighted by molar-refractivity contribution is 4.93. The quantitative estimate of drug-likeness (QED) is 0.652. The zero-order valence-electron chi connectivity index (χ0n) is 12.0. The van der Waals surface area contributed by atoms with Crippen molar-refractivity contribution in [2.45, 2.75) is 72.8 Å². The third kappa shape index (κ3) is 4.08. The largest absolute Gasteiger partial charge is 0.314 e. The molecule has 0 radical (unpaired) electrons. The Balaban J connectivity index is 2.50. The van der Waals surface area contributed by atoms with Gasteiger partial charge in [0.1, 0.15) is 0 Å². The number of rotatable bonds is 8. The van der Waals surface area contributed by atoms with Crippen molar-refractivity contribution in [1.29, 1.82) is 0 Å². The van der Waals surface area contributed by atoms with Crippen molar-refractivity contribution in [3.63, 3.8) is 0 Å². The minimum atomic E-state index is 0.557. The maximum absolute atomic E-state index is 3.66. The molecule has 0 amide bonds. The molecule has 0 aromatic rings. The van der Waals surface area contributed by atoms with Gasteiger partial charge >= 0.3 is 0 Å². The molecule has 0 aliphatic heterocycles. The van der Waals surface area contributed by atoms with Gasteiger partial charge in [0, 0.05) is 12.6 Å². The van der Waals surface area contributed by atoms with Crippen LogP contribution in [0.3, 0.4) is 0 Å². The van der Waals surface area contributed by atoms with E-state index in [2.05, 4.69) is 39.9 Å². The van der Waals surface area contributed by atoms with E-state index in [0.717, 1.165) is 11.8 Å². The lowest BCUT2D eigenvalue weighted by atomic mass is 9.75. The molecule has 0 aromatic carbocycles. The lowest BCUT2D eigenvalue weighted by molar-refractivity contribution is 0.183. The van der Waals surface area contributed by atoms with Crippen LogP contribution in [0.1, 0.15) is 66.7 Å². The maximum Gasteiger partial charge on any atom is 0.00106 e. The second-order valence-corrected chi connectivity index (χ2v) is 6.35. The molecule has 96 valence electrons. The lowest BCUT2D eigenvalue weighted by Gasteiger charge is -2.34. The predicted octanol–water partition coefficient (Wildman–Crippen LogP) is 4.23. The Hall–Kier alpha value is -0.0400. The molecule has 0 bridgehead atoms. The molecule has 1 rings (SSSR count). The number of hydrogen-bond acceptors (Lipinski definition) is 1. The smallest absolute Gasteiger partial charge is 0.00106 e. The molecular weight excluding hydrogens is 194 g/mol. The van der Waals surface area contributed by atoms with E-state index in [4.69, 9.17) is 0 Å². The Labute approximate surface area is 102 Å². The topological polar surface area (TPSA) is 12.0 Å². The molecule has 0 saturated heterocycles. The van der Waals surface area contributed by atoms with Gasteiger partial charge in [-0.05, 0) is 36.5 Å². The Kier molecular flexibility index (Phi) is 5.30. The van der Waals surface area contributed by atoms with Crippen molar-refractivity contribution in [2.24, 2.45) is 17.3 Å². The minimum Gasteiger partial charge on any atom is -0.314 e. The van der Waals surface area contributed by atoms with E-state index >= 15 is 0 Å². The fraction of sp³-hybridized carbons (Fsp3) is 1.00. The first-order chi connectivity index (χ1) is 7.51. The Morgan fingerprint density at radius 2 is 1.75 bits per heavy atom. The normalized spacial score (nSPS) is 20.4. The van der Waals surface area contributed by atoms with Crippen LogP contribution in [-0.4, -0.2) is 12.6 Å². The van der Waals surface area contributed by atoms with Crippen LogP contribution in [0.5, 0.6) is 0 Å². The van der Waals surface area contributed by atoms with E-state index in [9.17, 15) is 0 Å².